The summed E-state index contributed by atoms with van der Waals surface area (Å²) in [5, 5.41) is 14.3. The molecule has 2 aromatic carbocycles. The molecule has 0 saturated carbocycles. The van der Waals surface area contributed by atoms with Gasteiger partial charge in [-0.1, -0.05) is 35.2 Å². The standard InChI is InChI=1S/C24H21N5O5S3/c1-3-34-21(32)15-6-8-16(9-7-15)25-19(30)13-35-24-29-28-23(37-24)27-22-26-20(31)18(36-22)12-14-4-10-17(33-2)11-5-14/h4-12H,3,13H2,1-2H3,(H,25,30)(H,26,27,28,31)/b18-12-. The van der Waals surface area contributed by atoms with Crippen molar-refractivity contribution in [2.45, 2.75) is 11.3 Å². The second kappa shape index (κ2) is 12.5. The number of hydrogen-bond acceptors (Lipinski definition) is 11. The number of carbonyl (C=O) groups is 3. The number of hydrogen-bond donors (Lipinski definition) is 2. The maximum absolute atomic E-state index is 12.3. The van der Waals surface area contributed by atoms with Gasteiger partial charge in [0.2, 0.25) is 11.0 Å². The van der Waals surface area contributed by atoms with Gasteiger partial charge in [-0.25, -0.2) is 4.79 Å². The Morgan fingerprint density at radius 1 is 1.14 bits per heavy atom. The van der Waals surface area contributed by atoms with Crippen molar-refractivity contribution in [2.24, 2.45) is 4.99 Å². The number of esters is 1. The summed E-state index contributed by atoms with van der Waals surface area (Å²) >= 11 is 3.64. The first kappa shape index (κ1) is 26.4. The molecule has 0 radical (unpaired) electrons. The number of amides is 2. The maximum Gasteiger partial charge on any atom is 0.338 e. The fraction of sp³-hybridized carbons (Fsp3) is 0.167. The molecule has 2 N–H and O–H groups in total. The van der Waals surface area contributed by atoms with Crippen LogP contribution in [-0.4, -0.2) is 52.6 Å². The molecule has 1 saturated heterocycles. The van der Waals surface area contributed by atoms with Crippen molar-refractivity contribution in [1.29, 1.82) is 0 Å². The van der Waals surface area contributed by atoms with Crippen LogP contribution in [0.4, 0.5) is 10.8 Å². The summed E-state index contributed by atoms with van der Waals surface area (Å²) in [6, 6.07) is 13.8. The first-order chi connectivity index (χ1) is 17.9. The number of amidine groups is 1. The van der Waals surface area contributed by atoms with E-state index in [-0.39, 0.29) is 17.6 Å². The number of nitrogens with zero attached hydrogens (tertiary/aromatic N) is 3. The molecule has 0 unspecified atom stereocenters. The maximum atomic E-state index is 12.3. The minimum Gasteiger partial charge on any atom is -0.497 e. The highest BCUT2D eigenvalue weighted by Crippen LogP contribution is 2.31. The van der Waals surface area contributed by atoms with Crippen molar-refractivity contribution in [3.05, 3.63) is 64.6 Å². The summed E-state index contributed by atoms with van der Waals surface area (Å²) in [6.45, 7) is 2.03. The Kier molecular flexibility index (Phi) is 8.93. The number of aliphatic imine (C=N–C) groups is 1. The van der Waals surface area contributed by atoms with Gasteiger partial charge in [0.05, 0.1) is 29.9 Å². The monoisotopic (exact) mass is 555 g/mol. The topological polar surface area (TPSA) is 132 Å². The number of nitrogens with one attached hydrogen (secondary N) is 2. The Morgan fingerprint density at radius 2 is 1.89 bits per heavy atom. The van der Waals surface area contributed by atoms with Crippen LogP contribution in [0.2, 0.25) is 0 Å². The number of thioether (sulfide) groups is 2. The normalized spacial score (nSPS) is 15.0. The third kappa shape index (κ3) is 7.41. The largest absolute Gasteiger partial charge is 0.497 e. The number of rotatable bonds is 9. The van der Waals surface area contributed by atoms with Crippen molar-refractivity contribution in [2.75, 3.05) is 24.8 Å². The minimum absolute atomic E-state index is 0.116. The van der Waals surface area contributed by atoms with Crippen LogP contribution in [0.25, 0.3) is 6.08 Å². The van der Waals surface area contributed by atoms with Crippen LogP contribution in [0.1, 0.15) is 22.8 Å². The average Bonchev–Trinajstić information content (AvgIpc) is 3.49. The van der Waals surface area contributed by atoms with Crippen LogP contribution in [0.5, 0.6) is 5.75 Å². The van der Waals surface area contributed by atoms with Crippen molar-refractivity contribution in [3.8, 4) is 5.75 Å². The molecule has 10 nitrogen and oxygen atoms in total. The third-order valence-electron chi connectivity index (χ3n) is 4.66. The van der Waals surface area contributed by atoms with Gasteiger partial charge in [-0.15, -0.1) is 10.2 Å². The predicted octanol–water partition coefficient (Wildman–Crippen LogP) is 4.35. The lowest BCUT2D eigenvalue weighted by Crippen LogP contribution is -2.19. The van der Waals surface area contributed by atoms with Gasteiger partial charge < -0.3 is 20.1 Å². The zero-order valence-corrected chi connectivity index (χ0v) is 22.2. The molecule has 0 atom stereocenters. The molecule has 0 spiro atoms. The number of anilines is 1. The van der Waals surface area contributed by atoms with E-state index in [1.54, 1.807) is 44.4 Å². The number of methoxy groups -OCH3 is 1. The molecule has 4 rings (SSSR count). The van der Waals surface area contributed by atoms with Gasteiger partial charge in [-0.3, -0.25) is 9.59 Å². The van der Waals surface area contributed by atoms with Crippen LogP contribution in [0.15, 0.2) is 62.8 Å². The van der Waals surface area contributed by atoms with E-state index in [4.69, 9.17) is 9.47 Å². The average molecular weight is 556 g/mol. The van der Waals surface area contributed by atoms with E-state index in [1.807, 2.05) is 24.3 Å². The Bertz CT molecular complexity index is 1350. The van der Waals surface area contributed by atoms with E-state index in [2.05, 4.69) is 25.8 Å². The molecule has 1 fully saturated rings. The Balaban J connectivity index is 1.29. The molecular weight excluding hydrogens is 534 g/mol. The van der Waals surface area contributed by atoms with Crippen LogP contribution in [-0.2, 0) is 14.3 Å². The first-order valence-corrected chi connectivity index (χ1v) is 13.5. The summed E-state index contributed by atoms with van der Waals surface area (Å²) in [7, 11) is 1.60. The quantitative estimate of drug-likeness (QED) is 0.225. The van der Waals surface area contributed by atoms with E-state index >= 15 is 0 Å². The lowest BCUT2D eigenvalue weighted by Gasteiger charge is -2.05. The van der Waals surface area contributed by atoms with Crippen LogP contribution >= 0.6 is 34.9 Å². The molecule has 0 bridgehead atoms. The fourth-order valence-corrected chi connectivity index (χ4v) is 5.35. The summed E-state index contributed by atoms with van der Waals surface area (Å²) in [5.41, 5.74) is 1.84. The second-order valence-corrected chi connectivity index (χ2v) is 10.4. The van der Waals surface area contributed by atoms with E-state index in [1.165, 1.54) is 34.9 Å². The van der Waals surface area contributed by atoms with E-state index in [9.17, 15) is 14.4 Å². The summed E-state index contributed by atoms with van der Waals surface area (Å²) < 4.78 is 10.7. The van der Waals surface area contributed by atoms with Gasteiger partial charge in [0.15, 0.2) is 9.51 Å². The Hall–Kier alpha value is -3.68. The van der Waals surface area contributed by atoms with Crippen molar-refractivity contribution in [1.82, 2.24) is 15.5 Å². The second-order valence-electron chi connectivity index (χ2n) is 7.24. The molecule has 3 aromatic rings. The van der Waals surface area contributed by atoms with Gasteiger partial charge >= 0.3 is 5.97 Å². The third-order valence-corrected chi connectivity index (χ3v) is 7.52. The van der Waals surface area contributed by atoms with E-state index < -0.39 is 5.97 Å². The lowest BCUT2D eigenvalue weighted by molar-refractivity contribution is -0.115. The van der Waals surface area contributed by atoms with E-state index in [0.717, 1.165) is 11.3 Å². The van der Waals surface area contributed by atoms with Crippen LogP contribution in [0, 0.1) is 0 Å². The van der Waals surface area contributed by atoms with Gasteiger partial charge in [0, 0.05) is 5.69 Å². The van der Waals surface area contributed by atoms with Crippen molar-refractivity contribution < 1.29 is 23.9 Å². The van der Waals surface area contributed by atoms with Gasteiger partial charge in [0.1, 0.15) is 5.75 Å². The molecule has 1 aliphatic heterocycles. The van der Waals surface area contributed by atoms with Crippen molar-refractivity contribution >= 4 is 74.7 Å². The van der Waals surface area contributed by atoms with Crippen LogP contribution in [0.3, 0.4) is 0 Å². The molecule has 37 heavy (non-hydrogen) atoms. The predicted molar refractivity (Wildman–Crippen MR) is 145 cm³/mol. The lowest BCUT2D eigenvalue weighted by atomic mass is 10.2. The smallest absolute Gasteiger partial charge is 0.338 e. The van der Waals surface area contributed by atoms with E-state index in [0.29, 0.717) is 37.4 Å². The zero-order valence-electron chi connectivity index (χ0n) is 19.7. The molecule has 190 valence electrons. The van der Waals surface area contributed by atoms with Crippen LogP contribution < -0.4 is 15.4 Å². The number of aromatic nitrogens is 2. The van der Waals surface area contributed by atoms with Crippen molar-refractivity contribution in [3.63, 3.8) is 0 Å². The molecule has 0 aliphatic carbocycles. The molecule has 2 amide bonds. The number of carbonyl (C=O) groups excluding carboxylic acids is 3. The highest BCUT2D eigenvalue weighted by atomic mass is 32.2. The number of ether oxygens (including phenoxy) is 2. The Morgan fingerprint density at radius 3 is 2.59 bits per heavy atom. The molecule has 1 aliphatic rings. The summed E-state index contributed by atoms with van der Waals surface area (Å²) in [6.07, 6.45) is 1.77. The zero-order chi connectivity index (χ0) is 26.2. The molecule has 2 heterocycles. The first-order valence-electron chi connectivity index (χ1n) is 10.9. The summed E-state index contributed by atoms with van der Waals surface area (Å²) in [4.78, 5) is 41.2. The SMILES string of the molecule is CCOC(=O)c1ccc(NC(=O)CSc2nnc(/N=C3\NC(=O)/C(=C/c4ccc(OC)cc4)S3)s2)cc1. The summed E-state index contributed by atoms with van der Waals surface area (Å²) in [5.74, 6) is -0.0355. The van der Waals surface area contributed by atoms with Gasteiger partial charge in [-0.05, 0) is 66.7 Å². The molecule has 1 aromatic heterocycles. The fourth-order valence-electron chi connectivity index (χ4n) is 2.95. The van der Waals surface area contributed by atoms with Gasteiger partial charge in [-0.2, -0.15) is 4.99 Å². The Labute approximate surface area is 225 Å². The highest BCUT2D eigenvalue weighted by molar-refractivity contribution is 8.18. The minimum atomic E-state index is -0.411. The highest BCUT2D eigenvalue weighted by Gasteiger charge is 2.24. The van der Waals surface area contributed by atoms with Gasteiger partial charge in [0.25, 0.3) is 5.91 Å². The molecule has 13 heteroatoms. The number of benzene rings is 2. The molecular formula is C24H21N5O5S3.